The number of aliphatic hydroxyl groups excluding tert-OH is 1. The molecule has 8 atom stereocenters. The molecule has 1 N–H and O–H groups in total. The van der Waals surface area contributed by atoms with Gasteiger partial charge in [-0.25, -0.2) is 0 Å². The minimum Gasteiger partial charge on any atom is -0.391 e. The summed E-state index contributed by atoms with van der Waals surface area (Å²) in [6.07, 6.45) is 7.90. The summed E-state index contributed by atoms with van der Waals surface area (Å²) >= 11 is 7.37. The number of fused-ring (bicyclic) bond motifs is 5. The molecule has 0 spiro atoms. The van der Waals surface area contributed by atoms with Crippen molar-refractivity contribution in [2.75, 3.05) is 0 Å². The summed E-state index contributed by atoms with van der Waals surface area (Å²) in [6, 6.07) is 0. The lowest BCUT2D eigenvalue weighted by molar-refractivity contribution is -0.134. The highest BCUT2D eigenvalue weighted by molar-refractivity contribution is 6.26. The zero-order chi connectivity index (χ0) is 19.1. The maximum absolute atomic E-state index is 12.3. The number of carbonyl (C=O) groups excluding carboxylic acids is 2. The van der Waals surface area contributed by atoms with E-state index in [1.54, 1.807) is 19.1 Å². The Kier molecular flexibility index (Phi) is 3.93. The maximum atomic E-state index is 12.3. The van der Waals surface area contributed by atoms with Crippen molar-refractivity contribution in [3.8, 4) is 0 Å². The highest BCUT2D eigenvalue weighted by atomic mass is 35.5. The Balaban J connectivity index is 1.84. The van der Waals surface area contributed by atoms with Crippen LogP contribution in [0, 0.1) is 34.5 Å². The molecule has 26 heavy (non-hydrogen) atoms. The van der Waals surface area contributed by atoms with Crippen LogP contribution < -0.4 is 0 Å². The summed E-state index contributed by atoms with van der Waals surface area (Å²) in [5.74, 6) is 0.990. The van der Waals surface area contributed by atoms with Crippen LogP contribution in [0.3, 0.4) is 0 Å². The van der Waals surface area contributed by atoms with Gasteiger partial charge in [-0.3, -0.25) is 9.59 Å². The van der Waals surface area contributed by atoms with Crippen LogP contribution in [0.1, 0.15) is 53.4 Å². The number of rotatable bonds is 1. The third kappa shape index (κ3) is 2.05. The second-order valence-corrected chi connectivity index (χ2v) is 10.2. The van der Waals surface area contributed by atoms with E-state index in [-0.39, 0.29) is 34.7 Å². The first-order valence-corrected chi connectivity index (χ1v) is 10.3. The standard InChI is InChI=1S/C22H29ClO3/c1-12-9-18-16-6-5-15(13(2)24)20(16,3)11-19(26)22(18,23)21(4)8-7-14(25)10-17(12)21/h7-8,10,12,15-16,18-19,26H,5-6,9,11H2,1-4H3/t12-,15+,16-,18-,19-,20+,21-,22?/m0/s1. The summed E-state index contributed by atoms with van der Waals surface area (Å²) in [5, 5.41) is 11.3. The molecule has 142 valence electrons. The molecular formula is C22H29ClO3. The van der Waals surface area contributed by atoms with Crippen LogP contribution >= 0.6 is 11.6 Å². The van der Waals surface area contributed by atoms with E-state index in [1.165, 1.54) is 0 Å². The summed E-state index contributed by atoms with van der Waals surface area (Å²) < 4.78 is 0. The number of alkyl halides is 1. The van der Waals surface area contributed by atoms with E-state index in [1.807, 2.05) is 6.08 Å². The van der Waals surface area contributed by atoms with E-state index in [9.17, 15) is 14.7 Å². The van der Waals surface area contributed by atoms with Crippen LogP contribution in [0.2, 0.25) is 0 Å². The predicted molar refractivity (Wildman–Crippen MR) is 102 cm³/mol. The van der Waals surface area contributed by atoms with Gasteiger partial charge in [0.15, 0.2) is 5.78 Å². The fraction of sp³-hybridized carbons (Fsp3) is 0.727. The Morgan fingerprint density at radius 1 is 1.27 bits per heavy atom. The highest BCUT2D eigenvalue weighted by Gasteiger charge is 2.70. The van der Waals surface area contributed by atoms with E-state index in [4.69, 9.17) is 11.6 Å². The van der Waals surface area contributed by atoms with Crippen molar-refractivity contribution < 1.29 is 14.7 Å². The van der Waals surface area contributed by atoms with Crippen LogP contribution in [0.5, 0.6) is 0 Å². The third-order valence-electron chi connectivity index (χ3n) is 8.46. The van der Waals surface area contributed by atoms with Gasteiger partial charge in [0, 0.05) is 11.3 Å². The molecule has 4 heteroatoms. The molecule has 0 amide bonds. The van der Waals surface area contributed by atoms with Gasteiger partial charge in [-0.15, -0.1) is 11.6 Å². The van der Waals surface area contributed by atoms with Gasteiger partial charge in [0.05, 0.1) is 11.0 Å². The summed E-state index contributed by atoms with van der Waals surface area (Å²) in [5.41, 5.74) is 0.347. The number of allylic oxidation sites excluding steroid dienone is 4. The zero-order valence-electron chi connectivity index (χ0n) is 16.1. The molecule has 3 saturated carbocycles. The van der Waals surface area contributed by atoms with Crippen LogP contribution in [-0.4, -0.2) is 27.7 Å². The average molecular weight is 377 g/mol. The van der Waals surface area contributed by atoms with Crippen LogP contribution in [0.25, 0.3) is 0 Å². The summed E-state index contributed by atoms with van der Waals surface area (Å²) in [7, 11) is 0. The predicted octanol–water partition coefficient (Wildman–Crippen LogP) is 4.08. The largest absolute Gasteiger partial charge is 0.391 e. The lowest BCUT2D eigenvalue weighted by atomic mass is 9.44. The molecule has 4 aliphatic rings. The summed E-state index contributed by atoms with van der Waals surface area (Å²) in [6.45, 7) is 8.13. The first-order valence-electron chi connectivity index (χ1n) is 9.88. The number of aliphatic hydroxyl groups is 1. The topological polar surface area (TPSA) is 54.4 Å². The van der Waals surface area contributed by atoms with Crippen molar-refractivity contribution in [3.05, 3.63) is 23.8 Å². The Morgan fingerprint density at radius 2 is 1.96 bits per heavy atom. The minimum atomic E-state index is -0.821. The smallest absolute Gasteiger partial charge is 0.178 e. The van der Waals surface area contributed by atoms with Gasteiger partial charge in [-0.05, 0) is 67.9 Å². The maximum Gasteiger partial charge on any atom is 0.178 e. The molecule has 0 radical (unpaired) electrons. The number of halogens is 1. The number of ketones is 2. The van der Waals surface area contributed by atoms with Gasteiger partial charge < -0.3 is 5.11 Å². The van der Waals surface area contributed by atoms with E-state index in [0.717, 1.165) is 24.8 Å². The van der Waals surface area contributed by atoms with Crippen molar-refractivity contribution in [2.24, 2.45) is 34.5 Å². The quantitative estimate of drug-likeness (QED) is 0.701. The third-order valence-corrected chi connectivity index (χ3v) is 9.38. The lowest BCUT2D eigenvalue weighted by Gasteiger charge is -2.64. The highest BCUT2D eigenvalue weighted by Crippen LogP contribution is 2.70. The second kappa shape index (κ2) is 5.54. The Hall–Kier alpha value is -0.930. The molecular weight excluding hydrogens is 348 g/mol. The molecule has 4 aliphatic carbocycles. The summed E-state index contributed by atoms with van der Waals surface area (Å²) in [4.78, 5) is 23.4. The van der Waals surface area contributed by atoms with E-state index >= 15 is 0 Å². The molecule has 4 rings (SSSR count). The fourth-order valence-electron chi connectivity index (χ4n) is 7.27. The van der Waals surface area contributed by atoms with Crippen molar-refractivity contribution in [1.82, 2.24) is 0 Å². The number of hydrogen-bond donors (Lipinski definition) is 1. The van der Waals surface area contributed by atoms with Crippen LogP contribution in [-0.2, 0) is 9.59 Å². The Labute approximate surface area is 160 Å². The van der Waals surface area contributed by atoms with Gasteiger partial charge in [0.1, 0.15) is 5.78 Å². The van der Waals surface area contributed by atoms with E-state index in [2.05, 4.69) is 20.8 Å². The Morgan fingerprint density at radius 3 is 2.62 bits per heavy atom. The number of carbonyl (C=O) groups is 2. The SMILES string of the molecule is CC(=O)[C@H]1CC[C@H]2[C@@H]3C[C@H](C)C4=CC(=O)C=C[C@]4(C)C3(Cl)[C@@H](O)C[C@]12C. The van der Waals surface area contributed by atoms with Crippen LogP contribution in [0.15, 0.2) is 23.8 Å². The van der Waals surface area contributed by atoms with Gasteiger partial charge in [0.2, 0.25) is 0 Å². The first kappa shape index (κ1) is 18.4. The molecule has 0 bridgehead atoms. The molecule has 0 saturated heterocycles. The lowest BCUT2D eigenvalue weighted by Crippen LogP contribution is -2.67. The van der Waals surface area contributed by atoms with Gasteiger partial charge in [-0.1, -0.05) is 32.4 Å². The zero-order valence-corrected chi connectivity index (χ0v) is 16.8. The molecule has 3 fully saturated rings. The van der Waals surface area contributed by atoms with Crippen LogP contribution in [0.4, 0.5) is 0 Å². The van der Waals surface area contributed by atoms with Gasteiger partial charge in [-0.2, -0.15) is 0 Å². The van der Waals surface area contributed by atoms with Crippen molar-refractivity contribution in [1.29, 1.82) is 0 Å². The molecule has 0 aromatic carbocycles. The van der Waals surface area contributed by atoms with Crippen molar-refractivity contribution in [2.45, 2.75) is 64.4 Å². The monoisotopic (exact) mass is 376 g/mol. The molecule has 1 unspecified atom stereocenters. The molecule has 0 aliphatic heterocycles. The van der Waals surface area contributed by atoms with E-state index < -0.39 is 16.4 Å². The molecule has 0 heterocycles. The Bertz CT molecular complexity index is 740. The minimum absolute atomic E-state index is 0.00990. The van der Waals surface area contributed by atoms with Gasteiger partial charge >= 0.3 is 0 Å². The van der Waals surface area contributed by atoms with Crippen molar-refractivity contribution >= 4 is 23.2 Å². The second-order valence-electron chi connectivity index (χ2n) is 9.62. The average Bonchev–Trinajstić information content (AvgIpc) is 2.89. The van der Waals surface area contributed by atoms with E-state index in [0.29, 0.717) is 12.3 Å². The van der Waals surface area contributed by atoms with Crippen molar-refractivity contribution in [3.63, 3.8) is 0 Å². The first-order chi connectivity index (χ1) is 12.1. The molecule has 0 aromatic rings. The van der Waals surface area contributed by atoms with Gasteiger partial charge in [0.25, 0.3) is 0 Å². The molecule has 3 nitrogen and oxygen atoms in total. The normalized spacial score (nSPS) is 52.8. The molecule has 0 aromatic heterocycles. The fourth-order valence-corrected chi connectivity index (χ4v) is 7.76. The number of hydrogen-bond acceptors (Lipinski definition) is 3. The number of Topliss-reactive ketones (excluding diaryl/α,β-unsaturated/α-hetero) is 1.